The van der Waals surface area contributed by atoms with E-state index < -0.39 is 0 Å². The third-order valence-electron chi connectivity index (χ3n) is 4.77. The maximum atomic E-state index is 13.1. The van der Waals surface area contributed by atoms with Crippen molar-refractivity contribution >= 4 is 46.3 Å². The molecule has 1 atom stereocenters. The molecule has 1 aliphatic heterocycles. The number of methoxy groups -OCH3 is 1. The minimum atomic E-state index is -0.184. The first-order valence-corrected chi connectivity index (χ1v) is 10.4. The van der Waals surface area contributed by atoms with Crippen molar-refractivity contribution in [3.8, 4) is 5.75 Å². The van der Waals surface area contributed by atoms with E-state index in [-0.39, 0.29) is 12.1 Å². The number of amides is 2. The molecule has 0 spiro atoms. The molecule has 144 valence electrons. The van der Waals surface area contributed by atoms with Crippen molar-refractivity contribution in [2.45, 2.75) is 12.5 Å². The number of nitrogens with one attached hydrogen (secondary N) is 1. The van der Waals surface area contributed by atoms with Crippen LogP contribution in [-0.4, -0.2) is 24.6 Å². The molecule has 7 heteroatoms. The van der Waals surface area contributed by atoms with E-state index in [1.54, 1.807) is 36.6 Å². The predicted octanol–water partition coefficient (Wildman–Crippen LogP) is 6.24. The number of hydrogen-bond donors (Lipinski definition) is 1. The number of ether oxygens (including phenoxy) is 1. The third-order valence-corrected chi connectivity index (χ3v) is 6.21. The quantitative estimate of drug-likeness (QED) is 0.531. The van der Waals surface area contributed by atoms with Gasteiger partial charge in [0, 0.05) is 27.2 Å². The molecule has 0 saturated heterocycles. The Morgan fingerprint density at radius 2 is 1.86 bits per heavy atom. The summed E-state index contributed by atoms with van der Waals surface area (Å²) in [5, 5.41) is 5.98. The van der Waals surface area contributed by atoms with E-state index in [1.165, 1.54) is 10.4 Å². The van der Waals surface area contributed by atoms with Gasteiger partial charge in [-0.3, -0.25) is 0 Å². The van der Waals surface area contributed by atoms with Crippen LogP contribution >= 0.6 is 34.5 Å². The van der Waals surface area contributed by atoms with Gasteiger partial charge in [0.15, 0.2) is 0 Å². The number of carbonyl (C=O) groups is 1. The van der Waals surface area contributed by atoms with Crippen molar-refractivity contribution in [3.63, 3.8) is 0 Å². The number of benzene rings is 2. The Hall–Kier alpha value is -2.21. The lowest BCUT2D eigenvalue weighted by Gasteiger charge is -2.36. The topological polar surface area (TPSA) is 41.6 Å². The standard InChI is InChI=1S/C21H18Cl2N2O2S/c1-27-17-4-2-13(3-5-17)20-18-7-9-28-19(18)6-8-25(20)21(26)24-16-11-14(22)10-15(23)12-16/h2-5,7,9-12,20H,6,8H2,1H3,(H,24,26)/t20-/m0/s1. The van der Waals surface area contributed by atoms with Gasteiger partial charge in [0.1, 0.15) is 5.75 Å². The zero-order valence-corrected chi connectivity index (χ0v) is 17.4. The van der Waals surface area contributed by atoms with Crippen LogP contribution in [0.3, 0.4) is 0 Å². The lowest BCUT2D eigenvalue weighted by atomic mass is 9.93. The Labute approximate surface area is 177 Å². The van der Waals surface area contributed by atoms with E-state index in [4.69, 9.17) is 27.9 Å². The molecule has 1 aliphatic rings. The van der Waals surface area contributed by atoms with Crippen LogP contribution in [0.4, 0.5) is 10.5 Å². The molecular formula is C21H18Cl2N2O2S. The largest absolute Gasteiger partial charge is 0.497 e. The number of anilines is 1. The number of nitrogens with zero attached hydrogens (tertiary/aromatic N) is 1. The Morgan fingerprint density at radius 3 is 2.54 bits per heavy atom. The highest BCUT2D eigenvalue weighted by Gasteiger charge is 2.33. The van der Waals surface area contributed by atoms with E-state index >= 15 is 0 Å². The van der Waals surface area contributed by atoms with E-state index in [0.717, 1.165) is 17.7 Å². The number of hydrogen-bond acceptors (Lipinski definition) is 3. The Morgan fingerprint density at radius 1 is 1.14 bits per heavy atom. The fourth-order valence-corrected chi connectivity index (χ4v) is 4.93. The van der Waals surface area contributed by atoms with Gasteiger partial charge in [-0.15, -0.1) is 11.3 Å². The summed E-state index contributed by atoms with van der Waals surface area (Å²) >= 11 is 13.9. The van der Waals surface area contributed by atoms with E-state index in [1.807, 2.05) is 29.2 Å². The first kappa shape index (κ1) is 19.1. The molecule has 2 aromatic carbocycles. The van der Waals surface area contributed by atoms with Crippen molar-refractivity contribution < 1.29 is 9.53 Å². The van der Waals surface area contributed by atoms with Crippen molar-refractivity contribution in [1.29, 1.82) is 0 Å². The number of halogens is 2. The van der Waals surface area contributed by atoms with Crippen LogP contribution in [0.25, 0.3) is 0 Å². The molecule has 3 aromatic rings. The first-order valence-electron chi connectivity index (χ1n) is 8.79. The second-order valence-corrected chi connectivity index (χ2v) is 8.38. The van der Waals surface area contributed by atoms with Gasteiger partial charge in [-0.05, 0) is 59.3 Å². The molecule has 4 nitrogen and oxygen atoms in total. The van der Waals surface area contributed by atoms with Crippen LogP contribution < -0.4 is 10.1 Å². The van der Waals surface area contributed by atoms with E-state index in [2.05, 4.69) is 16.8 Å². The molecule has 1 N–H and O–H groups in total. The summed E-state index contributed by atoms with van der Waals surface area (Å²) in [6.45, 7) is 0.629. The summed E-state index contributed by atoms with van der Waals surface area (Å²) in [7, 11) is 1.64. The first-order chi connectivity index (χ1) is 13.5. The number of carbonyl (C=O) groups excluding carboxylic acids is 1. The summed E-state index contributed by atoms with van der Waals surface area (Å²) in [5.41, 5.74) is 2.78. The average molecular weight is 433 g/mol. The van der Waals surface area contributed by atoms with Gasteiger partial charge in [-0.1, -0.05) is 35.3 Å². The fraction of sp³-hybridized carbons (Fsp3) is 0.190. The lowest BCUT2D eigenvalue weighted by molar-refractivity contribution is 0.194. The van der Waals surface area contributed by atoms with Crippen molar-refractivity contribution in [3.05, 3.63) is 80.0 Å². The molecule has 0 radical (unpaired) electrons. The molecule has 0 fully saturated rings. The van der Waals surface area contributed by atoms with Gasteiger partial charge in [0.25, 0.3) is 0 Å². The van der Waals surface area contributed by atoms with Crippen LogP contribution in [0.15, 0.2) is 53.9 Å². The normalized spacial score (nSPS) is 15.8. The van der Waals surface area contributed by atoms with Gasteiger partial charge in [-0.2, -0.15) is 0 Å². The summed E-state index contributed by atoms with van der Waals surface area (Å²) in [6.07, 6.45) is 0.837. The summed E-state index contributed by atoms with van der Waals surface area (Å²) in [5.74, 6) is 0.787. The Balaban J connectivity index is 1.66. The summed E-state index contributed by atoms with van der Waals surface area (Å²) < 4.78 is 5.27. The molecule has 0 unspecified atom stereocenters. The van der Waals surface area contributed by atoms with Crippen molar-refractivity contribution in [2.24, 2.45) is 0 Å². The molecule has 0 saturated carbocycles. The summed E-state index contributed by atoms with van der Waals surface area (Å²) in [4.78, 5) is 16.3. The highest BCUT2D eigenvalue weighted by molar-refractivity contribution is 7.10. The Bertz CT molecular complexity index is 984. The fourth-order valence-electron chi connectivity index (χ4n) is 3.50. The molecule has 4 rings (SSSR count). The molecule has 0 bridgehead atoms. The number of thiophene rings is 1. The molecule has 0 aliphatic carbocycles. The summed E-state index contributed by atoms with van der Waals surface area (Å²) in [6, 6.07) is 14.6. The van der Waals surface area contributed by atoms with E-state index in [9.17, 15) is 4.79 Å². The van der Waals surface area contributed by atoms with Crippen LogP contribution in [0.2, 0.25) is 10.0 Å². The van der Waals surface area contributed by atoms with Crippen LogP contribution in [0, 0.1) is 0 Å². The van der Waals surface area contributed by atoms with Crippen molar-refractivity contribution in [1.82, 2.24) is 4.90 Å². The third kappa shape index (κ3) is 3.83. The minimum absolute atomic E-state index is 0.157. The van der Waals surface area contributed by atoms with Gasteiger partial charge < -0.3 is 15.0 Å². The smallest absolute Gasteiger partial charge is 0.322 e. The van der Waals surface area contributed by atoms with Gasteiger partial charge in [-0.25, -0.2) is 4.79 Å². The Kier molecular flexibility index (Phi) is 5.49. The van der Waals surface area contributed by atoms with Gasteiger partial charge in [0.2, 0.25) is 0 Å². The number of fused-ring (bicyclic) bond motifs is 1. The number of rotatable bonds is 3. The highest BCUT2D eigenvalue weighted by atomic mass is 35.5. The molecule has 1 aromatic heterocycles. The van der Waals surface area contributed by atoms with E-state index in [0.29, 0.717) is 22.3 Å². The highest BCUT2D eigenvalue weighted by Crippen LogP contribution is 2.38. The second kappa shape index (κ2) is 8.03. The van der Waals surface area contributed by atoms with Crippen LogP contribution in [0.5, 0.6) is 5.75 Å². The van der Waals surface area contributed by atoms with Crippen molar-refractivity contribution in [2.75, 3.05) is 19.0 Å². The zero-order chi connectivity index (χ0) is 19.7. The maximum Gasteiger partial charge on any atom is 0.322 e. The molecule has 28 heavy (non-hydrogen) atoms. The van der Waals surface area contributed by atoms with Gasteiger partial charge >= 0.3 is 6.03 Å². The number of urea groups is 1. The molecular weight excluding hydrogens is 415 g/mol. The zero-order valence-electron chi connectivity index (χ0n) is 15.1. The average Bonchev–Trinajstić information content (AvgIpc) is 3.15. The van der Waals surface area contributed by atoms with Crippen LogP contribution in [0.1, 0.15) is 22.0 Å². The lowest BCUT2D eigenvalue weighted by Crippen LogP contribution is -2.42. The predicted molar refractivity (Wildman–Crippen MR) is 115 cm³/mol. The molecule has 2 heterocycles. The SMILES string of the molecule is COc1ccc([C@H]2c3ccsc3CCN2C(=O)Nc2cc(Cl)cc(Cl)c2)cc1. The second-order valence-electron chi connectivity index (χ2n) is 6.51. The van der Waals surface area contributed by atoms with Crippen LogP contribution in [-0.2, 0) is 6.42 Å². The van der Waals surface area contributed by atoms with Gasteiger partial charge in [0.05, 0.1) is 13.2 Å². The minimum Gasteiger partial charge on any atom is -0.497 e. The maximum absolute atomic E-state index is 13.1. The molecule has 2 amide bonds. The monoisotopic (exact) mass is 432 g/mol.